The van der Waals surface area contributed by atoms with Crippen LogP contribution < -0.4 is 4.74 Å². The number of ketones is 1. The topological polar surface area (TPSA) is 74.2 Å². The Morgan fingerprint density at radius 1 is 1.12 bits per heavy atom. The van der Waals surface area contributed by atoms with Crippen LogP contribution in [0.3, 0.4) is 0 Å². The van der Waals surface area contributed by atoms with Crippen molar-refractivity contribution in [2.24, 2.45) is 5.16 Å². The molecule has 0 aliphatic rings. The molecule has 0 saturated heterocycles. The third-order valence-electron chi connectivity index (χ3n) is 3.38. The van der Waals surface area contributed by atoms with Gasteiger partial charge in [-0.05, 0) is 61.0 Å². The lowest BCUT2D eigenvalue weighted by atomic mass is 10.1. The first-order chi connectivity index (χ1) is 12.5. The van der Waals surface area contributed by atoms with Crippen LogP contribution >= 0.6 is 0 Å². The van der Waals surface area contributed by atoms with Crippen molar-refractivity contribution < 1.29 is 28.3 Å². The van der Waals surface area contributed by atoms with Gasteiger partial charge in [0.25, 0.3) is 0 Å². The van der Waals surface area contributed by atoms with Crippen LogP contribution in [-0.4, -0.2) is 37.8 Å². The number of carbonyl (C=O) groups is 2. The van der Waals surface area contributed by atoms with E-state index in [-0.39, 0.29) is 5.56 Å². The maximum Gasteiger partial charge on any atom is 0.347 e. The van der Waals surface area contributed by atoms with Gasteiger partial charge in [-0.2, -0.15) is 0 Å². The molecule has 0 fully saturated rings. The predicted octanol–water partition coefficient (Wildman–Crippen LogP) is 3.00. The van der Waals surface area contributed by atoms with Gasteiger partial charge in [0.15, 0.2) is 6.10 Å². The van der Waals surface area contributed by atoms with Crippen molar-refractivity contribution in [3.8, 4) is 5.75 Å². The molecule has 0 radical (unpaired) electrons. The second kappa shape index (κ2) is 9.31. The van der Waals surface area contributed by atoms with Crippen LogP contribution in [0.15, 0.2) is 53.7 Å². The number of rotatable bonds is 8. The van der Waals surface area contributed by atoms with E-state index in [0.717, 1.165) is 5.56 Å². The van der Waals surface area contributed by atoms with E-state index in [1.54, 1.807) is 31.4 Å². The van der Waals surface area contributed by atoms with Crippen LogP contribution in [0.2, 0.25) is 0 Å². The van der Waals surface area contributed by atoms with Crippen LogP contribution in [0.5, 0.6) is 5.75 Å². The first kappa shape index (κ1) is 19.1. The zero-order valence-electron chi connectivity index (χ0n) is 14.3. The van der Waals surface area contributed by atoms with E-state index in [1.807, 2.05) is 0 Å². The molecule has 2 rings (SSSR count). The molecule has 2 aromatic rings. The standard InChI is InChI=1S/C19H18FNO5/c1-13(19(23)15-5-7-16(20)8-6-15)26-18(22)12-25-21-11-14-3-9-17(24-2)10-4-14/h3-11,13H,12H2,1-2H3/b21-11-/t13-/m1/s1. The summed E-state index contributed by atoms with van der Waals surface area (Å²) in [6.07, 6.45) is 0.418. The van der Waals surface area contributed by atoms with Gasteiger partial charge >= 0.3 is 5.97 Å². The van der Waals surface area contributed by atoms with Crippen LogP contribution in [0.1, 0.15) is 22.8 Å². The van der Waals surface area contributed by atoms with Gasteiger partial charge in [0.1, 0.15) is 11.6 Å². The van der Waals surface area contributed by atoms with Crippen molar-refractivity contribution in [3.05, 3.63) is 65.5 Å². The number of halogens is 1. The summed E-state index contributed by atoms with van der Waals surface area (Å²) in [6.45, 7) is 0.998. The Labute approximate surface area is 150 Å². The second-order valence-corrected chi connectivity index (χ2v) is 5.28. The van der Waals surface area contributed by atoms with Gasteiger partial charge in [-0.3, -0.25) is 4.79 Å². The minimum atomic E-state index is -1.01. The zero-order valence-corrected chi connectivity index (χ0v) is 14.3. The van der Waals surface area contributed by atoms with E-state index >= 15 is 0 Å². The minimum Gasteiger partial charge on any atom is -0.497 e. The lowest BCUT2D eigenvalue weighted by molar-refractivity contribution is -0.151. The van der Waals surface area contributed by atoms with Crippen molar-refractivity contribution in [2.45, 2.75) is 13.0 Å². The third-order valence-corrected chi connectivity index (χ3v) is 3.38. The van der Waals surface area contributed by atoms with Gasteiger partial charge in [0, 0.05) is 5.56 Å². The summed E-state index contributed by atoms with van der Waals surface area (Å²) in [5, 5.41) is 3.66. The van der Waals surface area contributed by atoms with E-state index in [1.165, 1.54) is 37.4 Å². The molecule has 0 N–H and O–H groups in total. The van der Waals surface area contributed by atoms with Crippen molar-refractivity contribution in [1.82, 2.24) is 0 Å². The predicted molar refractivity (Wildman–Crippen MR) is 92.8 cm³/mol. The number of hydrogen-bond acceptors (Lipinski definition) is 6. The van der Waals surface area contributed by atoms with Crippen molar-refractivity contribution >= 4 is 18.0 Å². The number of benzene rings is 2. The van der Waals surface area contributed by atoms with E-state index in [0.29, 0.717) is 5.75 Å². The number of oxime groups is 1. The Hall–Kier alpha value is -3.22. The van der Waals surface area contributed by atoms with E-state index in [9.17, 15) is 14.0 Å². The van der Waals surface area contributed by atoms with Gasteiger partial charge in [-0.1, -0.05) is 5.16 Å². The maximum absolute atomic E-state index is 12.9. The van der Waals surface area contributed by atoms with Gasteiger partial charge in [0.2, 0.25) is 12.4 Å². The highest BCUT2D eigenvalue weighted by molar-refractivity contribution is 6.00. The summed E-state index contributed by atoms with van der Waals surface area (Å²) in [4.78, 5) is 28.6. The van der Waals surface area contributed by atoms with Crippen molar-refractivity contribution in [3.63, 3.8) is 0 Å². The molecule has 136 valence electrons. The maximum atomic E-state index is 12.9. The fourth-order valence-corrected chi connectivity index (χ4v) is 2.01. The summed E-state index contributed by atoms with van der Waals surface area (Å²) in [5.41, 5.74) is 1.02. The molecule has 0 aliphatic carbocycles. The van der Waals surface area contributed by atoms with Crippen LogP contribution in [0.25, 0.3) is 0 Å². The molecule has 0 heterocycles. The zero-order chi connectivity index (χ0) is 18.9. The Balaban J connectivity index is 1.77. The summed E-state index contributed by atoms with van der Waals surface area (Å²) in [7, 11) is 1.57. The Morgan fingerprint density at radius 3 is 2.38 bits per heavy atom. The molecule has 0 amide bonds. The minimum absolute atomic E-state index is 0.255. The monoisotopic (exact) mass is 359 g/mol. The fraction of sp³-hybridized carbons (Fsp3) is 0.211. The second-order valence-electron chi connectivity index (χ2n) is 5.28. The number of Topliss-reactive ketones (excluding diaryl/α,β-unsaturated/α-hetero) is 1. The Kier molecular flexibility index (Phi) is 6.84. The van der Waals surface area contributed by atoms with Gasteiger partial charge in [-0.25, -0.2) is 9.18 Å². The van der Waals surface area contributed by atoms with E-state index in [2.05, 4.69) is 5.16 Å². The molecular formula is C19H18FNO5. The quantitative estimate of drug-likeness (QED) is 0.313. The SMILES string of the molecule is COc1ccc(/C=N\OCC(=O)O[C@H](C)C(=O)c2ccc(F)cc2)cc1. The largest absolute Gasteiger partial charge is 0.497 e. The number of nitrogens with zero attached hydrogens (tertiary/aromatic N) is 1. The molecule has 1 atom stereocenters. The van der Waals surface area contributed by atoms with Crippen LogP contribution in [0.4, 0.5) is 4.39 Å². The normalized spacial score (nSPS) is 11.8. The number of esters is 1. The Morgan fingerprint density at radius 2 is 1.77 bits per heavy atom. The fourth-order valence-electron chi connectivity index (χ4n) is 2.01. The first-order valence-electron chi connectivity index (χ1n) is 7.78. The average molecular weight is 359 g/mol. The molecule has 26 heavy (non-hydrogen) atoms. The summed E-state index contributed by atoms with van der Waals surface area (Å²) >= 11 is 0. The molecule has 0 unspecified atom stereocenters. The lowest BCUT2D eigenvalue weighted by Gasteiger charge is -2.11. The van der Waals surface area contributed by atoms with Crippen LogP contribution in [-0.2, 0) is 14.4 Å². The number of carbonyl (C=O) groups excluding carboxylic acids is 2. The molecule has 7 heteroatoms. The summed E-state index contributed by atoms with van der Waals surface area (Å²) in [6, 6.07) is 12.1. The summed E-state index contributed by atoms with van der Waals surface area (Å²) in [5.74, 6) is -0.902. The smallest absolute Gasteiger partial charge is 0.347 e. The highest BCUT2D eigenvalue weighted by Crippen LogP contribution is 2.10. The van der Waals surface area contributed by atoms with Gasteiger partial charge in [0.05, 0.1) is 13.3 Å². The Bertz CT molecular complexity index is 772. The van der Waals surface area contributed by atoms with E-state index < -0.39 is 30.3 Å². The molecule has 0 aliphatic heterocycles. The molecule has 0 saturated carbocycles. The number of methoxy groups -OCH3 is 1. The van der Waals surface area contributed by atoms with E-state index in [4.69, 9.17) is 14.3 Å². The molecule has 2 aromatic carbocycles. The molecular weight excluding hydrogens is 341 g/mol. The third kappa shape index (κ3) is 5.70. The lowest BCUT2D eigenvalue weighted by Crippen LogP contribution is -2.26. The highest BCUT2D eigenvalue weighted by atomic mass is 19.1. The van der Waals surface area contributed by atoms with Gasteiger partial charge < -0.3 is 14.3 Å². The number of hydrogen-bond donors (Lipinski definition) is 0. The summed E-state index contributed by atoms with van der Waals surface area (Å²) < 4.78 is 22.9. The molecule has 0 spiro atoms. The molecule has 6 nitrogen and oxygen atoms in total. The average Bonchev–Trinajstić information content (AvgIpc) is 2.65. The molecule has 0 bridgehead atoms. The van der Waals surface area contributed by atoms with Gasteiger partial charge in [-0.15, -0.1) is 0 Å². The highest BCUT2D eigenvalue weighted by Gasteiger charge is 2.19. The first-order valence-corrected chi connectivity index (χ1v) is 7.78. The van der Waals surface area contributed by atoms with Crippen LogP contribution in [0, 0.1) is 5.82 Å². The van der Waals surface area contributed by atoms with Crippen molar-refractivity contribution in [1.29, 1.82) is 0 Å². The number of ether oxygens (including phenoxy) is 2. The van der Waals surface area contributed by atoms with Crippen molar-refractivity contribution in [2.75, 3.05) is 13.7 Å². The molecule has 0 aromatic heterocycles.